The predicted molar refractivity (Wildman–Crippen MR) is 104 cm³/mol. The number of aryl methyl sites for hydroxylation is 2. The van der Waals surface area contributed by atoms with Crippen LogP contribution in [0.1, 0.15) is 71.2 Å². The van der Waals surface area contributed by atoms with Gasteiger partial charge in [-0.2, -0.15) is 10.1 Å². The minimum Gasteiger partial charge on any atom is -0.332 e. The van der Waals surface area contributed by atoms with E-state index >= 15 is 0 Å². The zero-order chi connectivity index (χ0) is 21.9. The molecule has 5 rings (SSSR count). The lowest BCUT2D eigenvalue weighted by atomic mass is 9.86. The number of halogens is 3. The highest BCUT2D eigenvalue weighted by Gasteiger charge is 2.47. The number of amides is 1. The van der Waals surface area contributed by atoms with Gasteiger partial charge in [0.1, 0.15) is 12.0 Å². The van der Waals surface area contributed by atoms with Crippen molar-refractivity contribution < 1.29 is 18.0 Å². The molecule has 2 aliphatic heterocycles. The van der Waals surface area contributed by atoms with Crippen LogP contribution in [0, 0.1) is 19.7 Å². The minimum atomic E-state index is -2.74. The van der Waals surface area contributed by atoms with Gasteiger partial charge in [0.2, 0.25) is 0 Å². The standard InChI is InChI=1S/C21H21F3N6O/c1-10-7-14(18(22)11(2)27-10)20(31)29-12-3-5-13(16(29)6-4-12)17-8-15(19(23)24)28-21-25-9-26-30(17)21/h7-9,12-13,16,19H,3-6H2,1-2H3/t12?,13-,16-/m0/s1. The van der Waals surface area contributed by atoms with Gasteiger partial charge < -0.3 is 4.90 Å². The van der Waals surface area contributed by atoms with E-state index in [4.69, 9.17) is 0 Å². The molecule has 3 aromatic rings. The quantitative estimate of drug-likeness (QED) is 0.632. The van der Waals surface area contributed by atoms with Crippen LogP contribution < -0.4 is 0 Å². The minimum absolute atomic E-state index is 0.00423. The van der Waals surface area contributed by atoms with Gasteiger partial charge in [0.15, 0.2) is 5.82 Å². The number of aromatic nitrogens is 5. The van der Waals surface area contributed by atoms with Crippen molar-refractivity contribution >= 4 is 11.7 Å². The molecule has 31 heavy (non-hydrogen) atoms. The number of carbonyl (C=O) groups excluding carboxylic acids is 1. The Hall–Kier alpha value is -3.04. The Morgan fingerprint density at radius 1 is 1.13 bits per heavy atom. The van der Waals surface area contributed by atoms with E-state index in [1.807, 2.05) is 0 Å². The summed E-state index contributed by atoms with van der Waals surface area (Å²) in [7, 11) is 0. The number of hydrogen-bond donors (Lipinski definition) is 0. The Morgan fingerprint density at radius 2 is 1.90 bits per heavy atom. The van der Waals surface area contributed by atoms with E-state index in [1.54, 1.807) is 11.8 Å². The van der Waals surface area contributed by atoms with Gasteiger partial charge in [-0.1, -0.05) is 0 Å². The molecule has 1 unspecified atom stereocenters. The number of hydrogen-bond acceptors (Lipinski definition) is 5. The Kier molecular flexibility index (Phi) is 4.67. The molecule has 3 atom stereocenters. The van der Waals surface area contributed by atoms with E-state index in [0.29, 0.717) is 24.2 Å². The lowest BCUT2D eigenvalue weighted by Crippen LogP contribution is -2.48. The summed E-state index contributed by atoms with van der Waals surface area (Å²) >= 11 is 0. The number of carbonyl (C=O) groups is 1. The summed E-state index contributed by atoms with van der Waals surface area (Å²) in [4.78, 5) is 27.1. The van der Waals surface area contributed by atoms with Crippen LogP contribution in [-0.4, -0.2) is 47.5 Å². The summed E-state index contributed by atoms with van der Waals surface area (Å²) in [6.45, 7) is 3.26. The van der Waals surface area contributed by atoms with Crippen LogP contribution in [0.25, 0.3) is 5.78 Å². The van der Waals surface area contributed by atoms with E-state index in [-0.39, 0.29) is 46.6 Å². The van der Waals surface area contributed by atoms with Gasteiger partial charge in [-0.05, 0) is 51.7 Å². The van der Waals surface area contributed by atoms with Crippen LogP contribution in [0.15, 0.2) is 18.5 Å². The molecule has 0 aliphatic carbocycles. The topological polar surface area (TPSA) is 76.3 Å². The van der Waals surface area contributed by atoms with Gasteiger partial charge in [0.05, 0.1) is 17.0 Å². The first-order valence-electron chi connectivity index (χ1n) is 10.3. The van der Waals surface area contributed by atoms with Crippen LogP contribution in [0.3, 0.4) is 0 Å². The summed E-state index contributed by atoms with van der Waals surface area (Å²) in [6.07, 6.45) is 1.48. The van der Waals surface area contributed by atoms with Gasteiger partial charge in [0, 0.05) is 23.7 Å². The first-order valence-corrected chi connectivity index (χ1v) is 10.3. The smallest absolute Gasteiger partial charge is 0.280 e. The van der Waals surface area contributed by atoms with E-state index < -0.39 is 12.2 Å². The number of pyridine rings is 1. The van der Waals surface area contributed by atoms with Crippen LogP contribution in [0.4, 0.5) is 13.2 Å². The van der Waals surface area contributed by atoms with Gasteiger partial charge in [0.25, 0.3) is 18.1 Å². The van der Waals surface area contributed by atoms with Gasteiger partial charge in [-0.25, -0.2) is 22.7 Å². The molecule has 0 N–H and O–H groups in total. The molecular formula is C21H21F3N6O. The second-order valence-electron chi connectivity index (χ2n) is 8.28. The van der Waals surface area contributed by atoms with Gasteiger partial charge in [-0.3, -0.25) is 9.78 Å². The average Bonchev–Trinajstić information content (AvgIpc) is 3.32. The van der Waals surface area contributed by atoms with Gasteiger partial charge >= 0.3 is 0 Å². The van der Waals surface area contributed by atoms with Crippen molar-refractivity contribution in [1.29, 1.82) is 0 Å². The van der Waals surface area contributed by atoms with Crippen molar-refractivity contribution in [2.75, 3.05) is 0 Å². The third kappa shape index (κ3) is 3.16. The second kappa shape index (κ2) is 7.28. The first kappa shape index (κ1) is 19.9. The highest BCUT2D eigenvalue weighted by Crippen LogP contribution is 2.45. The maximum absolute atomic E-state index is 14.8. The molecule has 3 aromatic heterocycles. The summed E-state index contributed by atoms with van der Waals surface area (Å²) in [5, 5.41) is 4.17. The van der Waals surface area contributed by atoms with Crippen molar-refractivity contribution in [2.24, 2.45) is 0 Å². The highest BCUT2D eigenvalue weighted by molar-refractivity contribution is 5.95. The zero-order valence-corrected chi connectivity index (χ0v) is 17.1. The van der Waals surface area contributed by atoms with E-state index in [2.05, 4.69) is 20.1 Å². The fourth-order valence-corrected chi connectivity index (χ4v) is 5.15. The molecule has 0 radical (unpaired) electrons. The van der Waals surface area contributed by atoms with Gasteiger partial charge in [-0.15, -0.1) is 0 Å². The van der Waals surface area contributed by atoms with Crippen LogP contribution in [-0.2, 0) is 0 Å². The first-order chi connectivity index (χ1) is 14.8. The summed E-state index contributed by atoms with van der Waals surface area (Å²) in [5.74, 6) is -1.10. The molecule has 162 valence electrons. The van der Waals surface area contributed by atoms with Crippen molar-refractivity contribution in [1.82, 2.24) is 29.5 Å². The normalized spacial score (nSPS) is 23.2. The molecular weight excluding hydrogens is 409 g/mol. The Morgan fingerprint density at radius 3 is 2.68 bits per heavy atom. The summed E-state index contributed by atoms with van der Waals surface area (Å²) in [6, 6.07) is 2.61. The molecule has 0 aromatic carbocycles. The average molecular weight is 430 g/mol. The van der Waals surface area contributed by atoms with Crippen molar-refractivity contribution in [3.05, 3.63) is 52.6 Å². The predicted octanol–water partition coefficient (Wildman–Crippen LogP) is 3.76. The lowest BCUT2D eigenvalue weighted by molar-refractivity contribution is 0.0548. The molecule has 1 amide bonds. The van der Waals surface area contributed by atoms with Crippen LogP contribution in [0.2, 0.25) is 0 Å². The molecule has 2 saturated heterocycles. The third-order valence-corrected chi connectivity index (χ3v) is 6.44. The Balaban J connectivity index is 1.57. The molecule has 0 spiro atoms. The summed E-state index contributed by atoms with van der Waals surface area (Å²) in [5.41, 5.74) is 0.965. The molecule has 5 heterocycles. The molecule has 10 heteroatoms. The molecule has 2 bridgehead atoms. The fourth-order valence-electron chi connectivity index (χ4n) is 5.15. The highest BCUT2D eigenvalue weighted by atomic mass is 19.3. The monoisotopic (exact) mass is 430 g/mol. The van der Waals surface area contributed by atoms with Crippen LogP contribution >= 0.6 is 0 Å². The Labute approximate surface area is 176 Å². The van der Waals surface area contributed by atoms with E-state index in [1.165, 1.54) is 29.9 Å². The number of piperidine rings is 1. The molecule has 0 saturated carbocycles. The Bertz CT molecular complexity index is 1180. The fraction of sp³-hybridized carbons (Fsp3) is 0.476. The number of nitrogens with zero attached hydrogens (tertiary/aromatic N) is 6. The third-order valence-electron chi connectivity index (χ3n) is 6.44. The molecule has 7 nitrogen and oxygen atoms in total. The van der Waals surface area contributed by atoms with Crippen LogP contribution in [0.5, 0.6) is 0 Å². The summed E-state index contributed by atoms with van der Waals surface area (Å²) < 4.78 is 43.1. The molecule has 2 aliphatic rings. The number of rotatable bonds is 3. The largest absolute Gasteiger partial charge is 0.332 e. The van der Waals surface area contributed by atoms with E-state index in [0.717, 1.165) is 12.8 Å². The number of fused-ring (bicyclic) bond motifs is 3. The lowest BCUT2D eigenvalue weighted by Gasteiger charge is -2.40. The maximum atomic E-state index is 14.8. The SMILES string of the molecule is Cc1cc(C(=O)N2C3CC[C@H](c4cc(C(F)F)nc5ncnn45)[C@@H]2CC3)c(F)c(C)n1. The van der Waals surface area contributed by atoms with E-state index in [9.17, 15) is 18.0 Å². The molecule has 2 fully saturated rings. The second-order valence-corrected chi connectivity index (χ2v) is 8.28. The van der Waals surface area contributed by atoms with Crippen molar-refractivity contribution in [3.8, 4) is 0 Å². The van der Waals surface area contributed by atoms with Crippen molar-refractivity contribution in [2.45, 2.75) is 64.0 Å². The maximum Gasteiger partial charge on any atom is 0.280 e. The number of alkyl halides is 2. The van der Waals surface area contributed by atoms with Crippen molar-refractivity contribution in [3.63, 3.8) is 0 Å². The zero-order valence-electron chi connectivity index (χ0n) is 17.1.